The number of carbonyl (C=O) groups excluding carboxylic acids is 3. The minimum absolute atomic E-state index is 0.0366. The van der Waals surface area contributed by atoms with Gasteiger partial charge in [0.15, 0.2) is 0 Å². The highest BCUT2D eigenvalue weighted by Gasteiger charge is 2.29. The number of benzene rings is 1. The Labute approximate surface area is 125 Å². The highest BCUT2D eigenvalue weighted by molar-refractivity contribution is 6.05. The lowest BCUT2D eigenvalue weighted by atomic mass is 10.1. The average molecular weight is 305 g/mol. The molecule has 1 aromatic rings. The van der Waals surface area contributed by atoms with Gasteiger partial charge in [0, 0.05) is 12.1 Å². The summed E-state index contributed by atoms with van der Waals surface area (Å²) in [5, 5.41) is 15.6. The maximum absolute atomic E-state index is 12.0. The molecule has 0 aromatic heterocycles. The first-order valence-corrected chi connectivity index (χ1v) is 6.66. The maximum Gasteiger partial charge on any atom is 0.322 e. The van der Waals surface area contributed by atoms with Gasteiger partial charge in [-0.25, -0.2) is 4.79 Å². The molecule has 0 radical (unpaired) electrons. The normalized spacial score (nSPS) is 17.4. The van der Waals surface area contributed by atoms with Crippen LogP contribution in [0, 0.1) is 0 Å². The number of amides is 4. The molecule has 1 fully saturated rings. The number of carboxylic acid groups (broad SMARTS) is 1. The molecule has 1 aliphatic rings. The van der Waals surface area contributed by atoms with Crippen LogP contribution in [-0.4, -0.2) is 35.0 Å². The number of hydrogen-bond acceptors (Lipinski definition) is 4. The number of carboxylic acids is 1. The number of anilines is 1. The molecule has 0 saturated carbocycles. The van der Waals surface area contributed by atoms with Gasteiger partial charge >= 0.3 is 12.0 Å². The molecule has 1 saturated heterocycles. The van der Waals surface area contributed by atoms with Gasteiger partial charge in [0.25, 0.3) is 0 Å². The summed E-state index contributed by atoms with van der Waals surface area (Å²) in [5.74, 6) is -1.86. The number of rotatable bonds is 5. The molecule has 8 heteroatoms. The SMILES string of the molecule is O=C(O)CCc1ccc(NC(=O)[C@@H]2CC(=O)NC(=O)N2)cc1. The van der Waals surface area contributed by atoms with Crippen molar-refractivity contribution in [3.8, 4) is 0 Å². The van der Waals surface area contributed by atoms with Gasteiger partial charge in [0.05, 0.1) is 6.42 Å². The van der Waals surface area contributed by atoms with Crippen LogP contribution in [0.4, 0.5) is 10.5 Å². The molecule has 0 bridgehead atoms. The second-order valence-electron chi connectivity index (χ2n) is 4.86. The lowest BCUT2D eigenvalue weighted by molar-refractivity contribution is -0.137. The summed E-state index contributed by atoms with van der Waals surface area (Å²) in [4.78, 5) is 44.8. The second kappa shape index (κ2) is 6.70. The number of aryl methyl sites for hydroxylation is 1. The van der Waals surface area contributed by atoms with Crippen molar-refractivity contribution in [1.82, 2.24) is 10.6 Å². The molecular weight excluding hydrogens is 290 g/mol. The van der Waals surface area contributed by atoms with Crippen molar-refractivity contribution in [2.45, 2.75) is 25.3 Å². The molecule has 0 aliphatic carbocycles. The Balaban J connectivity index is 1.92. The summed E-state index contributed by atoms with van der Waals surface area (Å²) in [6.07, 6.45) is 0.325. The lowest BCUT2D eigenvalue weighted by Crippen LogP contribution is -2.56. The predicted molar refractivity (Wildman–Crippen MR) is 76.1 cm³/mol. The van der Waals surface area contributed by atoms with Gasteiger partial charge in [-0.1, -0.05) is 12.1 Å². The monoisotopic (exact) mass is 305 g/mol. The van der Waals surface area contributed by atoms with Crippen LogP contribution in [0.1, 0.15) is 18.4 Å². The number of aliphatic carboxylic acids is 1. The van der Waals surface area contributed by atoms with E-state index in [4.69, 9.17) is 5.11 Å². The summed E-state index contributed by atoms with van der Waals surface area (Å²) in [5.41, 5.74) is 1.34. The van der Waals surface area contributed by atoms with Gasteiger partial charge in [0.1, 0.15) is 6.04 Å². The summed E-state index contributed by atoms with van der Waals surface area (Å²) >= 11 is 0. The zero-order chi connectivity index (χ0) is 16.1. The number of hydrogen-bond donors (Lipinski definition) is 4. The molecule has 22 heavy (non-hydrogen) atoms. The zero-order valence-corrected chi connectivity index (χ0v) is 11.6. The van der Waals surface area contributed by atoms with Crippen molar-refractivity contribution in [2.24, 2.45) is 0 Å². The van der Waals surface area contributed by atoms with E-state index in [9.17, 15) is 19.2 Å². The molecule has 2 rings (SSSR count). The van der Waals surface area contributed by atoms with E-state index in [1.165, 1.54) is 0 Å². The molecule has 116 valence electrons. The average Bonchev–Trinajstić information content (AvgIpc) is 2.45. The number of urea groups is 1. The predicted octanol–water partition coefficient (Wildman–Crippen LogP) is 0.240. The van der Waals surface area contributed by atoms with Crippen LogP contribution >= 0.6 is 0 Å². The fourth-order valence-electron chi connectivity index (χ4n) is 2.00. The van der Waals surface area contributed by atoms with Crippen molar-refractivity contribution in [1.29, 1.82) is 0 Å². The molecule has 4 amide bonds. The van der Waals surface area contributed by atoms with E-state index < -0.39 is 29.9 Å². The topological polar surface area (TPSA) is 125 Å². The Hall–Kier alpha value is -2.90. The molecular formula is C14H15N3O5. The number of imide groups is 1. The van der Waals surface area contributed by atoms with Crippen LogP contribution < -0.4 is 16.0 Å². The summed E-state index contributed by atoms with van der Waals surface area (Å²) in [6, 6.07) is 5.10. The largest absolute Gasteiger partial charge is 0.481 e. The van der Waals surface area contributed by atoms with Gasteiger partial charge in [-0.2, -0.15) is 0 Å². The minimum Gasteiger partial charge on any atom is -0.481 e. The Bertz CT molecular complexity index is 595. The highest BCUT2D eigenvalue weighted by Crippen LogP contribution is 2.12. The van der Waals surface area contributed by atoms with Gasteiger partial charge < -0.3 is 15.7 Å². The van der Waals surface area contributed by atoms with Gasteiger partial charge in [-0.15, -0.1) is 0 Å². The van der Waals surface area contributed by atoms with E-state index in [1.807, 2.05) is 5.32 Å². The third-order valence-electron chi connectivity index (χ3n) is 3.11. The first-order valence-electron chi connectivity index (χ1n) is 6.66. The Morgan fingerprint density at radius 1 is 1.23 bits per heavy atom. The first kappa shape index (κ1) is 15.5. The van der Waals surface area contributed by atoms with Gasteiger partial charge in [-0.05, 0) is 24.1 Å². The van der Waals surface area contributed by atoms with Crippen molar-refractivity contribution < 1.29 is 24.3 Å². The Morgan fingerprint density at radius 2 is 1.91 bits per heavy atom. The molecule has 1 aromatic carbocycles. The van der Waals surface area contributed by atoms with Gasteiger partial charge in [0.2, 0.25) is 11.8 Å². The van der Waals surface area contributed by atoms with E-state index in [-0.39, 0.29) is 12.8 Å². The molecule has 4 N–H and O–H groups in total. The summed E-state index contributed by atoms with van der Waals surface area (Å²) < 4.78 is 0. The van der Waals surface area contributed by atoms with Crippen LogP contribution in [0.5, 0.6) is 0 Å². The van der Waals surface area contributed by atoms with Crippen molar-refractivity contribution in [3.05, 3.63) is 29.8 Å². The third kappa shape index (κ3) is 4.30. The number of nitrogens with one attached hydrogen (secondary N) is 3. The maximum atomic E-state index is 12.0. The molecule has 1 atom stereocenters. The van der Waals surface area contributed by atoms with E-state index in [2.05, 4.69) is 10.6 Å². The zero-order valence-electron chi connectivity index (χ0n) is 11.6. The fourth-order valence-corrected chi connectivity index (χ4v) is 2.00. The second-order valence-corrected chi connectivity index (χ2v) is 4.86. The van der Waals surface area contributed by atoms with Crippen LogP contribution in [-0.2, 0) is 20.8 Å². The Morgan fingerprint density at radius 3 is 2.50 bits per heavy atom. The first-order chi connectivity index (χ1) is 10.4. The Kier molecular flexibility index (Phi) is 4.72. The van der Waals surface area contributed by atoms with E-state index in [1.54, 1.807) is 24.3 Å². The molecule has 0 unspecified atom stereocenters. The van der Waals surface area contributed by atoms with E-state index >= 15 is 0 Å². The van der Waals surface area contributed by atoms with Crippen molar-refractivity contribution >= 4 is 29.5 Å². The van der Waals surface area contributed by atoms with E-state index in [0.29, 0.717) is 12.1 Å². The molecule has 8 nitrogen and oxygen atoms in total. The molecule has 1 aliphatic heterocycles. The fraction of sp³-hybridized carbons (Fsp3) is 0.286. The summed E-state index contributed by atoms with van der Waals surface area (Å²) in [7, 11) is 0. The highest BCUT2D eigenvalue weighted by atomic mass is 16.4. The van der Waals surface area contributed by atoms with Crippen LogP contribution in [0.15, 0.2) is 24.3 Å². The molecule has 0 spiro atoms. The van der Waals surface area contributed by atoms with Crippen LogP contribution in [0.25, 0.3) is 0 Å². The smallest absolute Gasteiger partial charge is 0.322 e. The minimum atomic E-state index is -0.909. The standard InChI is InChI=1S/C14H15N3O5/c18-11-7-10(16-14(22)17-11)13(21)15-9-4-1-8(2-5-9)3-6-12(19)20/h1-2,4-5,10H,3,6-7H2,(H,15,21)(H,19,20)(H2,16,17,18,22)/t10-/m0/s1. The third-order valence-corrected chi connectivity index (χ3v) is 3.11. The van der Waals surface area contributed by atoms with E-state index in [0.717, 1.165) is 5.56 Å². The summed E-state index contributed by atoms with van der Waals surface area (Å²) in [6.45, 7) is 0. The van der Waals surface area contributed by atoms with Crippen molar-refractivity contribution in [3.63, 3.8) is 0 Å². The van der Waals surface area contributed by atoms with Crippen LogP contribution in [0.3, 0.4) is 0 Å². The number of carbonyl (C=O) groups is 4. The quantitative estimate of drug-likeness (QED) is 0.620. The van der Waals surface area contributed by atoms with Crippen LogP contribution in [0.2, 0.25) is 0 Å². The van der Waals surface area contributed by atoms with Crippen molar-refractivity contribution in [2.75, 3.05) is 5.32 Å². The molecule has 1 heterocycles. The lowest BCUT2D eigenvalue weighted by Gasteiger charge is -2.22. The van der Waals surface area contributed by atoms with Gasteiger partial charge in [-0.3, -0.25) is 19.7 Å².